The number of rotatable bonds is 7. The van der Waals surface area contributed by atoms with Crippen LogP contribution in [0.4, 0.5) is 5.69 Å². The van der Waals surface area contributed by atoms with Gasteiger partial charge in [0.2, 0.25) is 0 Å². The summed E-state index contributed by atoms with van der Waals surface area (Å²) in [6.07, 6.45) is 3.17. The van der Waals surface area contributed by atoms with E-state index >= 15 is 0 Å². The first-order valence-electron chi connectivity index (χ1n) is 10.9. The van der Waals surface area contributed by atoms with Gasteiger partial charge in [-0.2, -0.15) is 10.2 Å². The second kappa shape index (κ2) is 9.86. The molecule has 1 aliphatic heterocycles. The van der Waals surface area contributed by atoms with Gasteiger partial charge >= 0.3 is 0 Å². The lowest BCUT2D eigenvalue weighted by atomic mass is 10.1. The van der Waals surface area contributed by atoms with E-state index in [1.165, 1.54) is 6.20 Å². The lowest BCUT2D eigenvalue weighted by molar-refractivity contribution is 0.0295. The smallest absolute Gasteiger partial charge is 0.276 e. The van der Waals surface area contributed by atoms with Crippen LogP contribution in [0.2, 0.25) is 0 Å². The summed E-state index contributed by atoms with van der Waals surface area (Å²) < 4.78 is 14.3. The highest BCUT2D eigenvalue weighted by molar-refractivity contribution is 6.07. The van der Waals surface area contributed by atoms with Crippen molar-refractivity contribution in [3.8, 4) is 5.75 Å². The van der Waals surface area contributed by atoms with E-state index in [-0.39, 0.29) is 18.3 Å². The van der Waals surface area contributed by atoms with Crippen molar-refractivity contribution in [2.45, 2.75) is 34.0 Å². The van der Waals surface area contributed by atoms with Gasteiger partial charge in [-0.3, -0.25) is 14.3 Å². The van der Waals surface area contributed by atoms with E-state index < -0.39 is 5.91 Å². The molecule has 0 spiro atoms. The molecule has 4 rings (SSSR count). The summed E-state index contributed by atoms with van der Waals surface area (Å²) in [4.78, 5) is 27.6. The number of nitrogens with zero attached hydrogens (tertiary/aromatic N) is 5. The van der Waals surface area contributed by atoms with Crippen molar-refractivity contribution >= 4 is 17.5 Å². The van der Waals surface area contributed by atoms with Crippen molar-refractivity contribution < 1.29 is 19.1 Å². The largest absolute Gasteiger partial charge is 0.471 e. The molecule has 174 valence electrons. The van der Waals surface area contributed by atoms with Gasteiger partial charge in [0.15, 0.2) is 12.4 Å². The van der Waals surface area contributed by atoms with E-state index in [9.17, 15) is 9.59 Å². The van der Waals surface area contributed by atoms with Gasteiger partial charge in [0.25, 0.3) is 11.8 Å². The molecule has 10 heteroatoms. The Hall–Kier alpha value is -3.66. The first kappa shape index (κ1) is 22.5. The Morgan fingerprint density at radius 1 is 1.18 bits per heavy atom. The van der Waals surface area contributed by atoms with Crippen LogP contribution in [0.15, 0.2) is 36.7 Å². The van der Waals surface area contributed by atoms with Crippen molar-refractivity contribution in [3.63, 3.8) is 0 Å². The van der Waals surface area contributed by atoms with Crippen LogP contribution in [0.3, 0.4) is 0 Å². The number of amides is 2. The Morgan fingerprint density at radius 2 is 1.97 bits per heavy atom. The highest BCUT2D eigenvalue weighted by Gasteiger charge is 2.26. The molecule has 3 heterocycles. The lowest BCUT2D eigenvalue weighted by Gasteiger charge is -2.27. The zero-order valence-electron chi connectivity index (χ0n) is 19.1. The molecule has 0 aliphatic carbocycles. The summed E-state index contributed by atoms with van der Waals surface area (Å²) in [7, 11) is 0. The number of carbonyl (C=O) groups is 2. The van der Waals surface area contributed by atoms with Gasteiger partial charge in [0.05, 0.1) is 25.1 Å². The Labute approximate surface area is 192 Å². The Morgan fingerprint density at radius 3 is 2.73 bits per heavy atom. The number of anilines is 1. The Balaban J connectivity index is 1.45. The molecule has 0 unspecified atom stereocenters. The topological polar surface area (TPSA) is 104 Å². The van der Waals surface area contributed by atoms with Crippen LogP contribution in [0.5, 0.6) is 5.75 Å². The van der Waals surface area contributed by atoms with Crippen LogP contribution in [-0.2, 0) is 18.0 Å². The molecule has 0 bridgehead atoms. The minimum atomic E-state index is -0.424. The highest BCUT2D eigenvalue weighted by atomic mass is 16.5. The van der Waals surface area contributed by atoms with Crippen LogP contribution >= 0.6 is 0 Å². The molecular formula is C23H28N6O4. The van der Waals surface area contributed by atoms with Crippen molar-refractivity contribution in [2.75, 3.05) is 31.6 Å². The van der Waals surface area contributed by atoms with Gasteiger partial charge in [-0.05, 0) is 44.0 Å². The van der Waals surface area contributed by atoms with Gasteiger partial charge < -0.3 is 19.7 Å². The number of aromatic nitrogens is 4. The molecular weight excluding hydrogens is 424 g/mol. The second-order valence-electron chi connectivity index (χ2n) is 7.86. The number of aryl methyl sites for hydroxylation is 3. The molecule has 2 aromatic heterocycles. The summed E-state index contributed by atoms with van der Waals surface area (Å²) >= 11 is 0. The van der Waals surface area contributed by atoms with Crippen LogP contribution < -0.4 is 10.1 Å². The van der Waals surface area contributed by atoms with E-state index in [2.05, 4.69) is 15.5 Å². The fourth-order valence-corrected chi connectivity index (χ4v) is 3.60. The number of carbonyl (C=O) groups excluding carboxylic acids is 2. The summed E-state index contributed by atoms with van der Waals surface area (Å²) in [5.41, 5.74) is 3.06. The quantitative estimate of drug-likeness (QED) is 0.591. The number of nitrogens with one attached hydrogen (secondary N) is 1. The van der Waals surface area contributed by atoms with Gasteiger partial charge in [0.1, 0.15) is 11.4 Å². The predicted octanol–water partition coefficient (Wildman–Crippen LogP) is 2.48. The third-order valence-corrected chi connectivity index (χ3v) is 5.46. The van der Waals surface area contributed by atoms with Crippen LogP contribution in [0.25, 0.3) is 0 Å². The predicted molar refractivity (Wildman–Crippen MR) is 121 cm³/mol. The SMILES string of the molecule is CCn1ncc(NC(=O)c2ccn(COc3cc(C)ccc3C)n2)c1C(=O)N1CCOCC1. The lowest BCUT2D eigenvalue weighted by Crippen LogP contribution is -2.41. The Bertz CT molecular complexity index is 1150. The molecule has 1 aromatic carbocycles. The molecule has 0 saturated carbocycles. The molecule has 3 aromatic rings. The van der Waals surface area contributed by atoms with Gasteiger partial charge in [0, 0.05) is 25.8 Å². The van der Waals surface area contributed by atoms with Crippen molar-refractivity contribution in [3.05, 3.63) is 59.2 Å². The Kier molecular flexibility index (Phi) is 6.74. The maximum atomic E-state index is 13.1. The number of hydrogen-bond donors (Lipinski definition) is 1. The number of hydrogen-bond acceptors (Lipinski definition) is 6. The van der Waals surface area contributed by atoms with E-state index in [0.29, 0.717) is 44.2 Å². The normalized spacial score (nSPS) is 13.7. The molecule has 0 radical (unpaired) electrons. The maximum absolute atomic E-state index is 13.1. The standard InChI is InChI=1S/C23H28N6O4/c1-4-29-21(23(31)27-9-11-32-12-10-27)19(14-24-29)25-22(30)18-7-8-28(26-18)15-33-20-13-16(2)5-6-17(20)3/h5-8,13-14H,4,9-12,15H2,1-3H3,(H,25,30). The van der Waals surface area contributed by atoms with E-state index in [1.807, 2.05) is 39.0 Å². The summed E-state index contributed by atoms with van der Waals surface area (Å²) in [6, 6.07) is 7.59. The van der Waals surface area contributed by atoms with Crippen LogP contribution in [0.1, 0.15) is 39.0 Å². The van der Waals surface area contributed by atoms with Gasteiger partial charge in [-0.1, -0.05) is 12.1 Å². The van der Waals surface area contributed by atoms with Crippen molar-refractivity contribution in [1.29, 1.82) is 0 Å². The molecule has 1 N–H and O–H groups in total. The summed E-state index contributed by atoms with van der Waals surface area (Å²) in [5, 5.41) is 11.4. The third-order valence-electron chi connectivity index (χ3n) is 5.46. The fourth-order valence-electron chi connectivity index (χ4n) is 3.60. The average molecular weight is 453 g/mol. The zero-order chi connectivity index (χ0) is 23.4. The van der Waals surface area contributed by atoms with Crippen molar-refractivity contribution in [1.82, 2.24) is 24.5 Å². The van der Waals surface area contributed by atoms with Crippen LogP contribution in [0, 0.1) is 13.8 Å². The minimum absolute atomic E-state index is 0.173. The molecule has 1 aliphatic rings. The molecule has 2 amide bonds. The summed E-state index contributed by atoms with van der Waals surface area (Å²) in [6.45, 7) is 8.55. The van der Waals surface area contributed by atoms with Crippen LogP contribution in [-0.4, -0.2) is 62.6 Å². The third kappa shape index (κ3) is 5.06. The fraction of sp³-hybridized carbons (Fsp3) is 0.391. The molecule has 0 atom stereocenters. The van der Waals surface area contributed by atoms with Gasteiger partial charge in [-0.25, -0.2) is 4.68 Å². The second-order valence-corrected chi connectivity index (χ2v) is 7.86. The number of ether oxygens (including phenoxy) is 2. The molecule has 33 heavy (non-hydrogen) atoms. The van der Waals surface area contributed by atoms with E-state index in [0.717, 1.165) is 16.9 Å². The first-order valence-corrected chi connectivity index (χ1v) is 10.9. The zero-order valence-corrected chi connectivity index (χ0v) is 19.1. The molecule has 1 fully saturated rings. The molecule has 10 nitrogen and oxygen atoms in total. The maximum Gasteiger partial charge on any atom is 0.276 e. The van der Waals surface area contributed by atoms with E-state index in [4.69, 9.17) is 9.47 Å². The number of benzene rings is 1. The average Bonchev–Trinajstić information content (AvgIpc) is 3.47. The van der Waals surface area contributed by atoms with E-state index in [1.54, 1.807) is 26.5 Å². The first-order chi connectivity index (χ1) is 16.0. The highest BCUT2D eigenvalue weighted by Crippen LogP contribution is 2.21. The minimum Gasteiger partial charge on any atom is -0.471 e. The van der Waals surface area contributed by atoms with Gasteiger partial charge in [-0.15, -0.1) is 0 Å². The summed E-state index contributed by atoms with van der Waals surface area (Å²) in [5.74, 6) is 0.169. The molecule has 1 saturated heterocycles. The monoisotopic (exact) mass is 452 g/mol. The van der Waals surface area contributed by atoms with Crippen molar-refractivity contribution in [2.24, 2.45) is 0 Å². The number of morpholine rings is 1.